The molecule has 0 aliphatic heterocycles. The van der Waals surface area contributed by atoms with Crippen molar-refractivity contribution in [3.05, 3.63) is 35.4 Å². The third kappa shape index (κ3) is 2.21. The number of aliphatic hydroxyl groups is 1. The zero-order chi connectivity index (χ0) is 13.4. The van der Waals surface area contributed by atoms with Gasteiger partial charge in [-0.15, -0.1) is 0 Å². The maximum atomic E-state index is 11.9. The Morgan fingerprint density at radius 3 is 3.05 bits per heavy atom. The molecule has 0 heterocycles. The molecule has 4 nitrogen and oxygen atoms in total. The summed E-state index contributed by atoms with van der Waals surface area (Å²) >= 11 is 0. The van der Waals surface area contributed by atoms with E-state index < -0.39 is 0 Å². The first kappa shape index (κ1) is 12.5. The Labute approximate surface area is 113 Å². The fourth-order valence-electron chi connectivity index (χ4n) is 3.27. The van der Waals surface area contributed by atoms with Gasteiger partial charge in [-0.3, -0.25) is 0 Å². The van der Waals surface area contributed by atoms with Gasteiger partial charge in [0.2, 0.25) is 0 Å². The van der Waals surface area contributed by atoms with E-state index in [1.807, 2.05) is 0 Å². The number of nitrogens with zero attached hydrogens (tertiary/aromatic N) is 1. The molecular formula is C15H20N2O2. The molecule has 2 aliphatic carbocycles. The molecule has 19 heavy (non-hydrogen) atoms. The number of carbonyl (C=O) groups is 1. The highest BCUT2D eigenvalue weighted by atomic mass is 16.3. The SMILES string of the molecule is CN(CCO)C(=O)NC1C2CCc3ccccc3C21. The maximum absolute atomic E-state index is 11.9. The van der Waals surface area contributed by atoms with E-state index in [9.17, 15) is 4.79 Å². The van der Waals surface area contributed by atoms with E-state index in [1.54, 1.807) is 7.05 Å². The molecule has 0 radical (unpaired) electrons. The Morgan fingerprint density at radius 1 is 1.47 bits per heavy atom. The molecule has 3 rings (SSSR count). The van der Waals surface area contributed by atoms with Crippen LogP contribution in [0.1, 0.15) is 23.5 Å². The van der Waals surface area contributed by atoms with Gasteiger partial charge < -0.3 is 15.3 Å². The van der Waals surface area contributed by atoms with Gasteiger partial charge in [0.15, 0.2) is 0 Å². The summed E-state index contributed by atoms with van der Waals surface area (Å²) in [5.74, 6) is 1.10. The molecule has 1 fully saturated rings. The van der Waals surface area contributed by atoms with E-state index >= 15 is 0 Å². The van der Waals surface area contributed by atoms with Crippen LogP contribution in [0.4, 0.5) is 4.79 Å². The van der Waals surface area contributed by atoms with E-state index in [2.05, 4.69) is 29.6 Å². The third-order valence-corrected chi connectivity index (χ3v) is 4.40. The van der Waals surface area contributed by atoms with Crippen LogP contribution in [-0.4, -0.2) is 42.3 Å². The molecule has 102 valence electrons. The fourth-order valence-corrected chi connectivity index (χ4v) is 3.27. The third-order valence-electron chi connectivity index (χ3n) is 4.40. The second-order valence-corrected chi connectivity index (χ2v) is 5.55. The van der Waals surface area contributed by atoms with Crippen LogP contribution in [-0.2, 0) is 6.42 Å². The predicted octanol–water partition coefficient (Wildman–Crippen LogP) is 1.35. The van der Waals surface area contributed by atoms with Crippen LogP contribution in [0.15, 0.2) is 24.3 Å². The van der Waals surface area contributed by atoms with E-state index in [4.69, 9.17) is 5.11 Å². The number of aliphatic hydroxyl groups excluding tert-OH is 1. The first-order valence-corrected chi connectivity index (χ1v) is 6.92. The van der Waals surface area contributed by atoms with Crippen LogP contribution < -0.4 is 5.32 Å². The number of urea groups is 1. The molecule has 2 N–H and O–H groups in total. The van der Waals surface area contributed by atoms with Crippen molar-refractivity contribution in [3.63, 3.8) is 0 Å². The van der Waals surface area contributed by atoms with Crippen LogP contribution in [0.5, 0.6) is 0 Å². The molecule has 1 saturated carbocycles. The zero-order valence-electron chi connectivity index (χ0n) is 11.2. The second-order valence-electron chi connectivity index (χ2n) is 5.55. The Kier molecular flexibility index (Phi) is 3.19. The maximum Gasteiger partial charge on any atom is 0.317 e. The van der Waals surface area contributed by atoms with E-state index in [-0.39, 0.29) is 18.7 Å². The normalized spacial score (nSPS) is 27.2. The number of hydrogen-bond acceptors (Lipinski definition) is 2. The van der Waals surface area contributed by atoms with Crippen molar-refractivity contribution < 1.29 is 9.90 Å². The number of carbonyl (C=O) groups excluding carboxylic acids is 1. The summed E-state index contributed by atoms with van der Waals surface area (Å²) in [4.78, 5) is 13.5. The fraction of sp³-hybridized carbons (Fsp3) is 0.533. The van der Waals surface area contributed by atoms with Crippen molar-refractivity contribution in [2.75, 3.05) is 20.2 Å². The number of hydrogen-bond donors (Lipinski definition) is 2. The summed E-state index contributed by atoms with van der Waals surface area (Å²) in [5.41, 5.74) is 2.85. The molecular weight excluding hydrogens is 240 g/mol. The largest absolute Gasteiger partial charge is 0.395 e. The van der Waals surface area contributed by atoms with E-state index in [0.29, 0.717) is 18.4 Å². The van der Waals surface area contributed by atoms with Gasteiger partial charge in [-0.25, -0.2) is 4.79 Å². The minimum Gasteiger partial charge on any atom is -0.395 e. The van der Waals surface area contributed by atoms with Crippen LogP contribution in [0.3, 0.4) is 0 Å². The van der Waals surface area contributed by atoms with Crippen LogP contribution in [0.2, 0.25) is 0 Å². The smallest absolute Gasteiger partial charge is 0.317 e. The quantitative estimate of drug-likeness (QED) is 0.862. The summed E-state index contributed by atoms with van der Waals surface area (Å²) < 4.78 is 0. The average Bonchev–Trinajstić information content (AvgIpc) is 3.13. The number of rotatable bonds is 3. The minimum absolute atomic E-state index is 0.00424. The van der Waals surface area contributed by atoms with Crippen LogP contribution in [0, 0.1) is 5.92 Å². The molecule has 0 spiro atoms. The second kappa shape index (κ2) is 4.85. The van der Waals surface area contributed by atoms with Crippen molar-refractivity contribution in [1.82, 2.24) is 10.2 Å². The molecule has 2 amide bonds. The van der Waals surface area contributed by atoms with Crippen LogP contribution >= 0.6 is 0 Å². The Morgan fingerprint density at radius 2 is 2.26 bits per heavy atom. The molecule has 0 bridgehead atoms. The van der Waals surface area contributed by atoms with Crippen molar-refractivity contribution in [2.45, 2.75) is 24.8 Å². The van der Waals surface area contributed by atoms with Gasteiger partial charge >= 0.3 is 6.03 Å². The van der Waals surface area contributed by atoms with Crippen molar-refractivity contribution in [2.24, 2.45) is 5.92 Å². The number of nitrogens with one attached hydrogen (secondary N) is 1. The molecule has 3 atom stereocenters. The lowest BCUT2D eigenvalue weighted by molar-refractivity contribution is 0.189. The minimum atomic E-state index is -0.0778. The van der Waals surface area contributed by atoms with Crippen molar-refractivity contribution in [1.29, 1.82) is 0 Å². The number of amides is 2. The topological polar surface area (TPSA) is 52.6 Å². The monoisotopic (exact) mass is 260 g/mol. The van der Waals surface area contributed by atoms with Gasteiger partial charge in [0.1, 0.15) is 0 Å². The highest BCUT2D eigenvalue weighted by Crippen LogP contribution is 2.54. The lowest BCUT2D eigenvalue weighted by Crippen LogP contribution is -2.40. The lowest BCUT2D eigenvalue weighted by Gasteiger charge is -2.16. The summed E-state index contributed by atoms with van der Waals surface area (Å²) in [6.45, 7) is 0.384. The summed E-state index contributed by atoms with van der Waals surface area (Å²) in [6, 6.07) is 8.75. The van der Waals surface area contributed by atoms with Crippen LogP contribution in [0.25, 0.3) is 0 Å². The van der Waals surface area contributed by atoms with E-state index in [0.717, 1.165) is 12.8 Å². The van der Waals surface area contributed by atoms with Crippen molar-refractivity contribution in [3.8, 4) is 0 Å². The molecule has 1 aromatic rings. The van der Waals surface area contributed by atoms with Gasteiger partial charge in [0, 0.05) is 25.6 Å². The van der Waals surface area contributed by atoms with Gasteiger partial charge in [0.05, 0.1) is 6.61 Å². The first-order chi connectivity index (χ1) is 9.22. The number of benzene rings is 1. The average molecular weight is 260 g/mol. The van der Waals surface area contributed by atoms with E-state index in [1.165, 1.54) is 16.0 Å². The predicted molar refractivity (Wildman–Crippen MR) is 73.0 cm³/mol. The summed E-state index contributed by atoms with van der Waals surface area (Å²) in [7, 11) is 1.71. The molecule has 3 unspecified atom stereocenters. The Hall–Kier alpha value is -1.55. The standard InChI is InChI=1S/C15H20N2O2/c1-17(8-9-18)15(19)16-14-12-7-6-10-4-2-3-5-11(10)13(12)14/h2-5,12-14,18H,6-9H2,1H3,(H,16,19). The van der Waals surface area contributed by atoms with Gasteiger partial charge in [0.25, 0.3) is 0 Å². The molecule has 2 aliphatic rings. The molecule has 4 heteroatoms. The highest BCUT2D eigenvalue weighted by Gasteiger charge is 2.53. The van der Waals surface area contributed by atoms with Gasteiger partial charge in [-0.05, 0) is 29.9 Å². The van der Waals surface area contributed by atoms with Gasteiger partial charge in [-0.2, -0.15) is 0 Å². The first-order valence-electron chi connectivity index (χ1n) is 6.92. The number of fused-ring (bicyclic) bond motifs is 3. The lowest BCUT2D eigenvalue weighted by atomic mass is 9.92. The Balaban J connectivity index is 1.66. The van der Waals surface area contributed by atoms with Gasteiger partial charge in [-0.1, -0.05) is 24.3 Å². The molecule has 0 aromatic heterocycles. The number of likely N-dealkylation sites (N-methyl/N-ethyl adjacent to an activating group) is 1. The molecule has 1 aromatic carbocycles. The summed E-state index contributed by atoms with van der Waals surface area (Å²) in [5, 5.41) is 11.9. The molecule has 0 saturated heterocycles. The highest BCUT2D eigenvalue weighted by molar-refractivity contribution is 5.75. The summed E-state index contributed by atoms with van der Waals surface area (Å²) in [6.07, 6.45) is 2.28. The Bertz CT molecular complexity index is 489. The van der Waals surface area contributed by atoms with Crippen molar-refractivity contribution >= 4 is 6.03 Å². The zero-order valence-corrected chi connectivity index (χ0v) is 11.2. The number of aryl methyl sites for hydroxylation is 1.